The van der Waals surface area contributed by atoms with Crippen molar-refractivity contribution in [1.82, 2.24) is 5.32 Å². The van der Waals surface area contributed by atoms with E-state index in [1.807, 2.05) is 6.07 Å². The van der Waals surface area contributed by atoms with Crippen molar-refractivity contribution in [2.24, 2.45) is 0 Å². The van der Waals surface area contributed by atoms with Gasteiger partial charge in [-0.1, -0.05) is 54.6 Å². The highest BCUT2D eigenvalue weighted by Crippen LogP contribution is 2.37. The second-order valence-corrected chi connectivity index (χ2v) is 11.0. The molecule has 46 heavy (non-hydrogen) atoms. The third kappa shape index (κ3) is 8.10. The number of benzene rings is 4. The van der Waals surface area contributed by atoms with Crippen LogP contribution in [0, 0.1) is 0 Å². The Kier molecular flexibility index (Phi) is 9.95. The summed E-state index contributed by atoms with van der Waals surface area (Å²) in [7, 11) is 0. The van der Waals surface area contributed by atoms with E-state index in [9.17, 15) is 29.4 Å². The normalized spacial score (nSPS) is 11.7. The van der Waals surface area contributed by atoms with E-state index in [1.54, 1.807) is 91.0 Å². The molecule has 1 aromatic heterocycles. The lowest BCUT2D eigenvalue weighted by molar-refractivity contribution is -0.116. The first-order chi connectivity index (χ1) is 22.3. The van der Waals surface area contributed by atoms with Crippen LogP contribution in [0.5, 0.6) is 5.75 Å². The van der Waals surface area contributed by atoms with Crippen molar-refractivity contribution in [3.8, 4) is 5.75 Å². The largest absolute Gasteiger partial charge is 0.507 e. The van der Waals surface area contributed by atoms with Gasteiger partial charge in [0.1, 0.15) is 28.0 Å². The summed E-state index contributed by atoms with van der Waals surface area (Å²) in [5, 5.41) is 26.6. The van der Waals surface area contributed by atoms with Crippen LogP contribution >= 0.6 is 11.8 Å². The number of hydrogen-bond acceptors (Lipinski definition) is 7. The molecule has 1 heterocycles. The third-order valence-electron chi connectivity index (χ3n) is 6.54. The molecule has 11 heteroatoms. The molecule has 0 aliphatic rings. The van der Waals surface area contributed by atoms with Crippen molar-refractivity contribution >= 4 is 52.9 Å². The van der Waals surface area contributed by atoms with Crippen molar-refractivity contribution in [1.29, 1.82) is 0 Å². The minimum absolute atomic E-state index is 0.0435. The number of aromatic hydroxyl groups is 1. The molecule has 1 unspecified atom stereocenters. The lowest BCUT2D eigenvalue weighted by atomic mass is 10.1. The minimum atomic E-state index is -1.33. The van der Waals surface area contributed by atoms with E-state index in [1.165, 1.54) is 42.3 Å². The monoisotopic (exact) mass is 633 g/mol. The maximum atomic E-state index is 13.5. The Labute approximate surface area is 267 Å². The van der Waals surface area contributed by atoms with Crippen molar-refractivity contribution in [2.45, 2.75) is 10.1 Å². The topological polar surface area (TPSA) is 158 Å². The molecule has 0 fully saturated rings. The molecule has 0 aliphatic carbocycles. The van der Waals surface area contributed by atoms with Gasteiger partial charge in [-0.25, -0.2) is 4.79 Å². The zero-order chi connectivity index (χ0) is 32.5. The van der Waals surface area contributed by atoms with Gasteiger partial charge in [0.05, 0.1) is 6.26 Å². The number of rotatable bonds is 11. The Morgan fingerprint density at radius 3 is 2.17 bits per heavy atom. The molecule has 0 spiro atoms. The Morgan fingerprint density at radius 2 is 1.48 bits per heavy atom. The number of amides is 3. The molecule has 1 atom stereocenters. The second kappa shape index (κ2) is 14.6. The van der Waals surface area contributed by atoms with Crippen LogP contribution in [0.15, 0.2) is 137 Å². The smallest absolute Gasteiger partial charge is 0.339 e. The molecule has 10 nitrogen and oxygen atoms in total. The minimum Gasteiger partial charge on any atom is -0.507 e. The molecule has 230 valence electrons. The number of carboxylic acid groups (broad SMARTS) is 1. The second-order valence-electron chi connectivity index (χ2n) is 9.81. The highest BCUT2D eigenvalue weighted by molar-refractivity contribution is 8.00. The predicted octanol–water partition coefficient (Wildman–Crippen LogP) is 6.57. The number of thioether (sulfide) groups is 1. The number of anilines is 2. The molecule has 3 amide bonds. The number of hydrogen-bond donors (Lipinski definition) is 5. The first kappa shape index (κ1) is 31.4. The Bertz CT molecular complexity index is 1890. The van der Waals surface area contributed by atoms with Gasteiger partial charge in [0, 0.05) is 27.9 Å². The van der Waals surface area contributed by atoms with E-state index in [4.69, 9.17) is 4.42 Å². The molecule has 0 aliphatic heterocycles. The van der Waals surface area contributed by atoms with Gasteiger partial charge in [-0.3, -0.25) is 14.4 Å². The molecule has 5 aromatic rings. The van der Waals surface area contributed by atoms with Crippen LogP contribution < -0.4 is 16.0 Å². The number of aromatic carboxylic acids is 1. The van der Waals surface area contributed by atoms with Crippen molar-refractivity contribution in [3.63, 3.8) is 0 Å². The van der Waals surface area contributed by atoms with Crippen LogP contribution in [-0.4, -0.2) is 33.9 Å². The van der Waals surface area contributed by atoms with Crippen molar-refractivity contribution in [3.05, 3.63) is 150 Å². The standard InChI is InChI=1S/C35H27N3O7S/c39-30-17-16-25(20-28(30)35(43)44)37-34(42)31(22-9-3-1-4-10-22)46-27-15-7-13-24(19-27)36-33(41)29(21-26-14-8-18-45-26)38-32(40)23-11-5-2-6-12-23/h1-21,31,39H,(H,36,41)(H,37,42)(H,38,40)(H,43,44)/b29-21-. The van der Waals surface area contributed by atoms with Gasteiger partial charge < -0.3 is 30.6 Å². The van der Waals surface area contributed by atoms with E-state index in [0.717, 1.165) is 0 Å². The lowest BCUT2D eigenvalue weighted by Gasteiger charge is -2.18. The lowest BCUT2D eigenvalue weighted by Crippen LogP contribution is -2.30. The Balaban J connectivity index is 1.36. The van der Waals surface area contributed by atoms with Gasteiger partial charge in [-0.2, -0.15) is 0 Å². The summed E-state index contributed by atoms with van der Waals surface area (Å²) >= 11 is 1.22. The highest BCUT2D eigenvalue weighted by Gasteiger charge is 2.24. The average molecular weight is 634 g/mol. The Morgan fingerprint density at radius 1 is 0.761 bits per heavy atom. The molecule has 0 saturated heterocycles. The third-order valence-corrected chi connectivity index (χ3v) is 7.79. The van der Waals surface area contributed by atoms with Crippen LogP contribution in [0.4, 0.5) is 11.4 Å². The number of carbonyl (C=O) groups excluding carboxylic acids is 3. The fraction of sp³-hybridized carbons (Fsp3) is 0.0286. The van der Waals surface area contributed by atoms with Gasteiger partial charge in [0.2, 0.25) is 5.91 Å². The number of phenols is 1. The summed E-state index contributed by atoms with van der Waals surface area (Å²) in [4.78, 5) is 51.9. The molecule has 0 saturated carbocycles. The number of carbonyl (C=O) groups is 4. The number of furan rings is 1. The molecular formula is C35H27N3O7S. The molecular weight excluding hydrogens is 606 g/mol. The fourth-order valence-electron chi connectivity index (χ4n) is 4.33. The quantitative estimate of drug-likeness (QED) is 0.0621. The van der Waals surface area contributed by atoms with Gasteiger partial charge in [0.15, 0.2) is 0 Å². The van der Waals surface area contributed by atoms with E-state index < -0.39 is 34.7 Å². The maximum absolute atomic E-state index is 13.5. The summed E-state index contributed by atoms with van der Waals surface area (Å²) < 4.78 is 5.36. The first-order valence-corrected chi connectivity index (χ1v) is 14.8. The van der Waals surface area contributed by atoms with Crippen LogP contribution in [0.2, 0.25) is 0 Å². The summed E-state index contributed by atoms with van der Waals surface area (Å²) in [5.41, 5.74) is 1.28. The summed E-state index contributed by atoms with van der Waals surface area (Å²) in [5.74, 6) is -2.88. The zero-order valence-electron chi connectivity index (χ0n) is 24.0. The first-order valence-electron chi connectivity index (χ1n) is 13.9. The van der Waals surface area contributed by atoms with Crippen LogP contribution in [-0.2, 0) is 9.59 Å². The summed E-state index contributed by atoms with van der Waals surface area (Å²) in [6.07, 6.45) is 2.87. The predicted molar refractivity (Wildman–Crippen MR) is 174 cm³/mol. The fourth-order valence-corrected chi connectivity index (χ4v) is 5.42. The molecule has 5 N–H and O–H groups in total. The van der Waals surface area contributed by atoms with E-state index in [-0.39, 0.29) is 16.9 Å². The molecule has 0 radical (unpaired) electrons. The zero-order valence-corrected chi connectivity index (χ0v) is 24.9. The molecule has 4 aromatic carbocycles. The van der Waals surface area contributed by atoms with Gasteiger partial charge in [0.25, 0.3) is 11.8 Å². The SMILES string of the molecule is O=C(Nc1cccc(SC(C(=O)Nc2ccc(O)c(C(=O)O)c2)c2ccccc2)c1)/C(=C/c1ccco1)NC(=O)c1ccccc1. The summed E-state index contributed by atoms with van der Waals surface area (Å²) in [6, 6.07) is 31.4. The maximum Gasteiger partial charge on any atom is 0.339 e. The van der Waals surface area contributed by atoms with E-state index in [0.29, 0.717) is 27.5 Å². The Hall–Kier alpha value is -6.07. The highest BCUT2D eigenvalue weighted by atomic mass is 32.2. The number of carboxylic acids is 1. The molecule has 0 bridgehead atoms. The van der Waals surface area contributed by atoms with E-state index >= 15 is 0 Å². The van der Waals surface area contributed by atoms with Gasteiger partial charge >= 0.3 is 5.97 Å². The van der Waals surface area contributed by atoms with Gasteiger partial charge in [-0.05, 0) is 66.2 Å². The van der Waals surface area contributed by atoms with Crippen molar-refractivity contribution in [2.75, 3.05) is 10.6 Å². The van der Waals surface area contributed by atoms with Crippen LogP contribution in [0.25, 0.3) is 6.08 Å². The van der Waals surface area contributed by atoms with E-state index in [2.05, 4.69) is 16.0 Å². The van der Waals surface area contributed by atoms with Crippen molar-refractivity contribution < 1.29 is 33.8 Å². The van der Waals surface area contributed by atoms with Crippen LogP contribution in [0.3, 0.4) is 0 Å². The summed E-state index contributed by atoms with van der Waals surface area (Å²) in [6.45, 7) is 0. The number of nitrogens with one attached hydrogen (secondary N) is 3. The van der Waals surface area contributed by atoms with Crippen LogP contribution in [0.1, 0.15) is 37.3 Å². The van der Waals surface area contributed by atoms with Gasteiger partial charge in [-0.15, -0.1) is 11.8 Å². The molecule has 5 rings (SSSR count). The average Bonchev–Trinajstić information content (AvgIpc) is 3.58.